The van der Waals surface area contributed by atoms with Crippen LogP contribution < -0.4 is 16.0 Å². The molecule has 0 aromatic carbocycles. The lowest BCUT2D eigenvalue weighted by Gasteiger charge is -2.26. The van der Waals surface area contributed by atoms with Crippen molar-refractivity contribution in [3.05, 3.63) is 24.2 Å². The highest BCUT2D eigenvalue weighted by Crippen LogP contribution is 2.07. The number of nitrogens with one attached hydrogen (secondary N) is 3. The second-order valence-corrected chi connectivity index (χ2v) is 5.56. The molecule has 0 spiro atoms. The molecule has 0 radical (unpaired) electrons. The Bertz CT molecular complexity index is 481. The number of amides is 1. The summed E-state index contributed by atoms with van der Waals surface area (Å²) in [6.07, 6.45) is 5.46. The van der Waals surface area contributed by atoms with Crippen molar-refractivity contribution >= 4 is 11.9 Å². The molecule has 3 N–H and O–H groups in total. The highest BCUT2D eigenvalue weighted by molar-refractivity contribution is 5.91. The first kappa shape index (κ1) is 17.3. The minimum absolute atomic E-state index is 0.204. The van der Waals surface area contributed by atoms with Crippen LogP contribution in [0.2, 0.25) is 0 Å². The van der Waals surface area contributed by atoms with Crippen LogP contribution in [0.25, 0.3) is 0 Å². The summed E-state index contributed by atoms with van der Waals surface area (Å²) in [4.78, 5) is 18.3. The summed E-state index contributed by atoms with van der Waals surface area (Å²) in [6.45, 7) is 5.43. The topological polar surface area (TPSA) is 81.9 Å². The molecule has 0 saturated carbocycles. The second kappa shape index (κ2) is 9.89. The Morgan fingerprint density at radius 1 is 1.17 bits per heavy atom. The van der Waals surface area contributed by atoms with E-state index in [-0.39, 0.29) is 5.91 Å². The molecule has 2 rings (SSSR count). The fourth-order valence-corrected chi connectivity index (χ4v) is 2.59. The quantitative estimate of drug-likeness (QED) is 0.390. The van der Waals surface area contributed by atoms with Crippen molar-refractivity contribution in [3.8, 4) is 0 Å². The maximum Gasteiger partial charge on any atom is 0.287 e. The molecule has 0 atom stereocenters. The maximum atomic E-state index is 11.7. The van der Waals surface area contributed by atoms with E-state index in [1.54, 1.807) is 19.2 Å². The number of hydrogen-bond acceptors (Lipinski definition) is 4. The number of nitrogens with zero attached hydrogens (tertiary/aromatic N) is 2. The maximum absolute atomic E-state index is 11.7. The van der Waals surface area contributed by atoms with Crippen LogP contribution in [0, 0.1) is 0 Å². The summed E-state index contributed by atoms with van der Waals surface area (Å²) >= 11 is 0. The summed E-state index contributed by atoms with van der Waals surface area (Å²) in [5.74, 6) is 0.883. The molecule has 0 aliphatic carbocycles. The van der Waals surface area contributed by atoms with Gasteiger partial charge in [0.25, 0.3) is 5.91 Å². The van der Waals surface area contributed by atoms with E-state index >= 15 is 0 Å². The molecule has 1 aromatic heterocycles. The lowest BCUT2D eigenvalue weighted by molar-refractivity contribution is 0.0926. The zero-order valence-corrected chi connectivity index (χ0v) is 13.8. The number of guanidine groups is 1. The molecule has 1 fully saturated rings. The first-order valence-electron chi connectivity index (χ1n) is 8.28. The van der Waals surface area contributed by atoms with Crippen LogP contribution in [0.15, 0.2) is 27.8 Å². The predicted molar refractivity (Wildman–Crippen MR) is 90.7 cm³/mol. The number of piperidine rings is 1. The van der Waals surface area contributed by atoms with Crippen LogP contribution >= 0.6 is 0 Å². The zero-order valence-electron chi connectivity index (χ0n) is 13.8. The molecular weight excluding hydrogens is 294 g/mol. The van der Waals surface area contributed by atoms with Crippen LogP contribution in [0.5, 0.6) is 0 Å². The van der Waals surface area contributed by atoms with Crippen LogP contribution in [0.1, 0.15) is 29.8 Å². The number of carbonyl (C=O) groups is 1. The van der Waals surface area contributed by atoms with Gasteiger partial charge in [0.05, 0.1) is 6.26 Å². The second-order valence-electron chi connectivity index (χ2n) is 5.56. The number of carbonyl (C=O) groups excluding carboxylic acids is 1. The van der Waals surface area contributed by atoms with Gasteiger partial charge in [0, 0.05) is 33.2 Å². The van der Waals surface area contributed by atoms with Crippen molar-refractivity contribution in [1.29, 1.82) is 0 Å². The molecule has 7 heteroatoms. The normalized spacial score (nSPS) is 16.1. The predicted octanol–water partition coefficient (Wildman–Crippen LogP) is 0.660. The Hall–Kier alpha value is -2.02. The summed E-state index contributed by atoms with van der Waals surface area (Å²) in [7, 11) is 1.75. The minimum atomic E-state index is -0.204. The molecule has 7 nitrogen and oxygen atoms in total. The van der Waals surface area contributed by atoms with Gasteiger partial charge in [-0.05, 0) is 38.1 Å². The van der Waals surface area contributed by atoms with E-state index in [9.17, 15) is 4.79 Å². The van der Waals surface area contributed by atoms with Gasteiger partial charge < -0.3 is 25.3 Å². The van der Waals surface area contributed by atoms with E-state index in [1.165, 1.54) is 38.6 Å². The van der Waals surface area contributed by atoms with Crippen molar-refractivity contribution in [2.24, 2.45) is 4.99 Å². The Labute approximate surface area is 137 Å². The number of likely N-dealkylation sites (tertiary alicyclic amines) is 1. The van der Waals surface area contributed by atoms with Crippen molar-refractivity contribution in [2.75, 3.05) is 46.3 Å². The first-order chi connectivity index (χ1) is 11.3. The zero-order chi connectivity index (χ0) is 16.3. The van der Waals surface area contributed by atoms with Crippen molar-refractivity contribution < 1.29 is 9.21 Å². The SMILES string of the molecule is CN=C(NCCNC(=O)c1ccco1)NCCN1CCCCC1. The average molecular weight is 321 g/mol. The highest BCUT2D eigenvalue weighted by Gasteiger charge is 2.09. The standard InChI is InChI=1S/C16H27N5O2/c1-17-16(20-9-12-21-10-3-2-4-11-21)19-8-7-18-15(22)14-6-5-13-23-14/h5-6,13H,2-4,7-12H2,1H3,(H,18,22)(H2,17,19,20). The monoisotopic (exact) mass is 321 g/mol. The van der Waals surface area contributed by atoms with Gasteiger partial charge in [0.2, 0.25) is 0 Å². The third-order valence-electron chi connectivity index (χ3n) is 3.84. The molecule has 0 bridgehead atoms. The number of aliphatic imine (C=N–C) groups is 1. The van der Waals surface area contributed by atoms with Crippen molar-refractivity contribution in [3.63, 3.8) is 0 Å². The van der Waals surface area contributed by atoms with E-state index in [2.05, 4.69) is 25.8 Å². The van der Waals surface area contributed by atoms with Gasteiger partial charge in [-0.2, -0.15) is 0 Å². The molecule has 1 aliphatic heterocycles. The molecule has 1 aromatic rings. The molecule has 23 heavy (non-hydrogen) atoms. The number of rotatable bonds is 7. The van der Waals surface area contributed by atoms with Crippen LogP contribution in [0.4, 0.5) is 0 Å². The van der Waals surface area contributed by atoms with E-state index in [4.69, 9.17) is 4.42 Å². The lowest BCUT2D eigenvalue weighted by Crippen LogP contribution is -2.44. The summed E-state index contributed by atoms with van der Waals surface area (Å²) in [6, 6.07) is 3.34. The van der Waals surface area contributed by atoms with E-state index in [0.29, 0.717) is 18.8 Å². The smallest absolute Gasteiger partial charge is 0.287 e. The highest BCUT2D eigenvalue weighted by atomic mass is 16.3. The minimum Gasteiger partial charge on any atom is -0.459 e. The third-order valence-corrected chi connectivity index (χ3v) is 3.84. The van der Waals surface area contributed by atoms with Gasteiger partial charge in [-0.25, -0.2) is 0 Å². The molecule has 1 aliphatic rings. The van der Waals surface area contributed by atoms with E-state index in [1.807, 2.05) is 0 Å². The molecule has 0 unspecified atom stereocenters. The van der Waals surface area contributed by atoms with Crippen LogP contribution in [-0.2, 0) is 0 Å². The molecular formula is C16H27N5O2. The average Bonchev–Trinajstić information content (AvgIpc) is 3.12. The summed E-state index contributed by atoms with van der Waals surface area (Å²) in [5.41, 5.74) is 0. The Kier molecular flexibility index (Phi) is 7.45. The Balaban J connectivity index is 1.55. The van der Waals surface area contributed by atoms with E-state index in [0.717, 1.165) is 19.0 Å². The van der Waals surface area contributed by atoms with Gasteiger partial charge in [0.15, 0.2) is 11.7 Å². The molecule has 128 valence electrons. The van der Waals surface area contributed by atoms with Gasteiger partial charge >= 0.3 is 0 Å². The molecule has 1 saturated heterocycles. The Morgan fingerprint density at radius 3 is 2.61 bits per heavy atom. The summed E-state index contributed by atoms with van der Waals surface area (Å²) < 4.78 is 5.03. The van der Waals surface area contributed by atoms with Crippen molar-refractivity contribution in [1.82, 2.24) is 20.9 Å². The van der Waals surface area contributed by atoms with Gasteiger partial charge in [-0.15, -0.1) is 0 Å². The van der Waals surface area contributed by atoms with E-state index < -0.39 is 0 Å². The first-order valence-corrected chi connectivity index (χ1v) is 8.28. The van der Waals surface area contributed by atoms with Gasteiger partial charge in [-0.3, -0.25) is 9.79 Å². The van der Waals surface area contributed by atoms with Crippen molar-refractivity contribution in [2.45, 2.75) is 19.3 Å². The Morgan fingerprint density at radius 2 is 1.91 bits per heavy atom. The fraction of sp³-hybridized carbons (Fsp3) is 0.625. The van der Waals surface area contributed by atoms with Crippen LogP contribution in [-0.4, -0.2) is 63.1 Å². The molecule has 1 amide bonds. The summed E-state index contributed by atoms with van der Waals surface area (Å²) in [5, 5.41) is 9.27. The van der Waals surface area contributed by atoms with Gasteiger partial charge in [0.1, 0.15) is 0 Å². The fourth-order valence-electron chi connectivity index (χ4n) is 2.59. The largest absolute Gasteiger partial charge is 0.459 e. The molecule has 2 heterocycles. The van der Waals surface area contributed by atoms with Gasteiger partial charge in [-0.1, -0.05) is 6.42 Å². The van der Waals surface area contributed by atoms with Crippen LogP contribution in [0.3, 0.4) is 0 Å². The lowest BCUT2D eigenvalue weighted by atomic mass is 10.1. The number of hydrogen-bond donors (Lipinski definition) is 3. The third kappa shape index (κ3) is 6.32. The number of furan rings is 1.